The number of hydrogen-bond donors (Lipinski definition) is 2. The van der Waals surface area contributed by atoms with E-state index in [1.807, 2.05) is 19.1 Å². The molecule has 0 fully saturated rings. The lowest BCUT2D eigenvalue weighted by molar-refractivity contribution is -0.137. The molecule has 0 aromatic carbocycles. The molecule has 1 unspecified atom stereocenters. The molecular weight excluding hydrogens is 264 g/mol. The number of carboxylic acids is 1. The van der Waals surface area contributed by atoms with E-state index < -0.39 is 5.97 Å². The summed E-state index contributed by atoms with van der Waals surface area (Å²) in [6, 6.07) is 0. The van der Waals surface area contributed by atoms with Crippen molar-refractivity contribution in [3.8, 4) is 0 Å². The molecule has 3 heteroatoms. The van der Waals surface area contributed by atoms with Gasteiger partial charge in [0, 0.05) is 6.42 Å². The Morgan fingerprint density at radius 2 is 1.71 bits per heavy atom. The highest BCUT2D eigenvalue weighted by atomic mass is 16.4. The van der Waals surface area contributed by atoms with E-state index in [2.05, 4.69) is 18.2 Å². The fourth-order valence-corrected chi connectivity index (χ4v) is 1.85. The van der Waals surface area contributed by atoms with E-state index in [0.717, 1.165) is 38.5 Å². The Kier molecular flexibility index (Phi) is 14.1. The van der Waals surface area contributed by atoms with Crippen molar-refractivity contribution in [1.82, 2.24) is 0 Å². The van der Waals surface area contributed by atoms with Gasteiger partial charge in [-0.3, -0.25) is 4.79 Å². The molecule has 21 heavy (non-hydrogen) atoms. The van der Waals surface area contributed by atoms with Gasteiger partial charge in [0.15, 0.2) is 0 Å². The minimum atomic E-state index is -0.690. The van der Waals surface area contributed by atoms with Gasteiger partial charge in [-0.05, 0) is 32.1 Å². The van der Waals surface area contributed by atoms with Crippen LogP contribution in [0.5, 0.6) is 0 Å². The molecule has 0 aromatic heterocycles. The van der Waals surface area contributed by atoms with Crippen molar-refractivity contribution in [1.29, 1.82) is 0 Å². The van der Waals surface area contributed by atoms with Crippen LogP contribution in [0.1, 0.15) is 64.7 Å². The van der Waals surface area contributed by atoms with Gasteiger partial charge in [-0.1, -0.05) is 62.6 Å². The first-order valence-electron chi connectivity index (χ1n) is 8.05. The van der Waals surface area contributed by atoms with Gasteiger partial charge >= 0.3 is 5.97 Å². The molecule has 0 aliphatic carbocycles. The van der Waals surface area contributed by atoms with Crippen LogP contribution in [0.15, 0.2) is 36.5 Å². The maximum atomic E-state index is 10.3. The second-order valence-corrected chi connectivity index (χ2v) is 5.20. The average Bonchev–Trinajstić information content (AvgIpc) is 2.46. The normalized spacial score (nSPS) is 13.6. The highest BCUT2D eigenvalue weighted by Crippen LogP contribution is 2.07. The van der Waals surface area contributed by atoms with Gasteiger partial charge in [-0.25, -0.2) is 0 Å². The van der Waals surface area contributed by atoms with Crippen LogP contribution in [0.2, 0.25) is 0 Å². The zero-order valence-corrected chi connectivity index (χ0v) is 13.2. The molecule has 0 heterocycles. The van der Waals surface area contributed by atoms with E-state index in [9.17, 15) is 9.90 Å². The van der Waals surface area contributed by atoms with Crippen molar-refractivity contribution >= 4 is 5.97 Å². The van der Waals surface area contributed by atoms with Crippen molar-refractivity contribution in [3.05, 3.63) is 36.5 Å². The largest absolute Gasteiger partial charge is 0.481 e. The van der Waals surface area contributed by atoms with E-state index >= 15 is 0 Å². The summed E-state index contributed by atoms with van der Waals surface area (Å²) in [7, 11) is 0. The minimum absolute atomic E-state index is 0.302. The minimum Gasteiger partial charge on any atom is -0.481 e. The first-order valence-corrected chi connectivity index (χ1v) is 8.05. The molecule has 0 saturated heterocycles. The van der Waals surface area contributed by atoms with Gasteiger partial charge < -0.3 is 10.2 Å². The lowest BCUT2D eigenvalue weighted by Gasteiger charge is -1.98. The molecule has 0 spiro atoms. The van der Waals surface area contributed by atoms with E-state index in [1.54, 1.807) is 6.08 Å². The Morgan fingerprint density at radius 3 is 2.43 bits per heavy atom. The number of aliphatic hydroxyl groups excluding tert-OH is 1. The van der Waals surface area contributed by atoms with Crippen LogP contribution in [-0.4, -0.2) is 22.3 Å². The first kappa shape index (κ1) is 19.7. The van der Waals surface area contributed by atoms with Gasteiger partial charge in [0.2, 0.25) is 0 Å². The number of carbonyl (C=O) groups is 1. The van der Waals surface area contributed by atoms with Crippen molar-refractivity contribution in [2.45, 2.75) is 70.8 Å². The monoisotopic (exact) mass is 294 g/mol. The van der Waals surface area contributed by atoms with Gasteiger partial charge in [0.25, 0.3) is 0 Å². The summed E-state index contributed by atoms with van der Waals surface area (Å²) in [6.45, 7) is 1.95. The van der Waals surface area contributed by atoms with Crippen LogP contribution in [0.25, 0.3) is 0 Å². The van der Waals surface area contributed by atoms with E-state index in [4.69, 9.17) is 5.11 Å². The van der Waals surface area contributed by atoms with E-state index in [1.165, 1.54) is 12.8 Å². The molecule has 2 N–H and O–H groups in total. The summed E-state index contributed by atoms with van der Waals surface area (Å²) in [5.41, 5.74) is 0. The molecule has 0 saturated carbocycles. The number of hydrogen-bond acceptors (Lipinski definition) is 2. The third-order valence-electron chi connectivity index (χ3n) is 3.20. The fourth-order valence-electron chi connectivity index (χ4n) is 1.85. The molecule has 0 aliphatic heterocycles. The molecule has 0 rings (SSSR count). The third kappa shape index (κ3) is 16.6. The lowest BCUT2D eigenvalue weighted by atomic mass is 10.1. The second-order valence-electron chi connectivity index (χ2n) is 5.20. The smallest absolute Gasteiger partial charge is 0.303 e. The number of rotatable bonds is 13. The molecule has 3 nitrogen and oxygen atoms in total. The van der Waals surface area contributed by atoms with Gasteiger partial charge in [-0.2, -0.15) is 0 Å². The Balaban J connectivity index is 3.35. The van der Waals surface area contributed by atoms with Crippen molar-refractivity contribution in [2.24, 2.45) is 0 Å². The van der Waals surface area contributed by atoms with Crippen molar-refractivity contribution < 1.29 is 15.0 Å². The number of allylic oxidation sites excluding steroid dienone is 5. The third-order valence-corrected chi connectivity index (χ3v) is 3.20. The quantitative estimate of drug-likeness (QED) is 0.296. The summed E-state index contributed by atoms with van der Waals surface area (Å²) >= 11 is 0. The van der Waals surface area contributed by atoms with E-state index in [-0.39, 0.29) is 6.10 Å². The van der Waals surface area contributed by atoms with Crippen LogP contribution in [0.3, 0.4) is 0 Å². The average molecular weight is 294 g/mol. The van der Waals surface area contributed by atoms with Crippen LogP contribution >= 0.6 is 0 Å². The molecule has 0 radical (unpaired) electrons. The van der Waals surface area contributed by atoms with Crippen LogP contribution in [0.4, 0.5) is 0 Å². The van der Waals surface area contributed by atoms with Gasteiger partial charge in [-0.15, -0.1) is 0 Å². The molecular formula is C18H30O3. The standard InChI is InChI=1S/C18H30O3/c1-2-17(19)15-13-11-9-7-5-3-4-6-8-10-12-14-16-18(20)21/h3,5,9,11,13,15,17,19H,2,4,6-8,10,12,14,16H2,1H3,(H,20,21)/b5-3+,11-9+,15-13+. The maximum absolute atomic E-state index is 10.3. The number of aliphatic carboxylic acids is 1. The first-order chi connectivity index (χ1) is 10.2. The SMILES string of the molecule is CCC(O)/C=C/C=C/C/C=C/CCCCCCCC(=O)O. The highest BCUT2D eigenvalue weighted by Gasteiger charge is 1.95. The summed E-state index contributed by atoms with van der Waals surface area (Å²) in [4.78, 5) is 10.3. The molecule has 0 aliphatic rings. The highest BCUT2D eigenvalue weighted by molar-refractivity contribution is 5.66. The fraction of sp³-hybridized carbons (Fsp3) is 0.611. The van der Waals surface area contributed by atoms with Gasteiger partial charge in [0.1, 0.15) is 0 Å². The van der Waals surface area contributed by atoms with Gasteiger partial charge in [0.05, 0.1) is 6.10 Å². The Morgan fingerprint density at radius 1 is 1.00 bits per heavy atom. The molecule has 0 aromatic rings. The summed E-state index contributed by atoms with van der Waals surface area (Å²) < 4.78 is 0. The zero-order valence-electron chi connectivity index (χ0n) is 13.2. The predicted molar refractivity (Wildman–Crippen MR) is 88.3 cm³/mol. The second kappa shape index (κ2) is 15.0. The Bertz CT molecular complexity index is 329. The molecule has 120 valence electrons. The van der Waals surface area contributed by atoms with Crippen molar-refractivity contribution in [2.75, 3.05) is 0 Å². The maximum Gasteiger partial charge on any atom is 0.303 e. The summed E-state index contributed by atoms with van der Waals surface area (Å²) in [6.07, 6.45) is 20.1. The zero-order chi connectivity index (χ0) is 15.8. The number of carboxylic acid groups (broad SMARTS) is 1. The number of unbranched alkanes of at least 4 members (excludes halogenated alkanes) is 5. The number of aliphatic hydroxyl groups is 1. The summed E-state index contributed by atoms with van der Waals surface area (Å²) in [5.74, 6) is -0.690. The lowest BCUT2D eigenvalue weighted by Crippen LogP contribution is -1.97. The van der Waals surface area contributed by atoms with Crippen molar-refractivity contribution in [3.63, 3.8) is 0 Å². The van der Waals surface area contributed by atoms with Crippen LogP contribution in [0, 0.1) is 0 Å². The molecule has 1 atom stereocenters. The predicted octanol–water partition coefficient (Wildman–Crippen LogP) is 4.63. The topological polar surface area (TPSA) is 57.5 Å². The van der Waals surface area contributed by atoms with E-state index in [0.29, 0.717) is 6.42 Å². The molecule has 0 bridgehead atoms. The van der Waals surface area contributed by atoms with Crippen LogP contribution in [-0.2, 0) is 4.79 Å². The Labute approximate surface area is 129 Å². The molecule has 0 amide bonds. The summed E-state index contributed by atoms with van der Waals surface area (Å²) in [5, 5.41) is 17.8. The Hall–Kier alpha value is -1.35. The van der Waals surface area contributed by atoms with Crippen LogP contribution < -0.4 is 0 Å².